The molecule has 27 heavy (non-hydrogen) atoms. The van der Waals surface area contributed by atoms with Crippen LogP contribution in [0.25, 0.3) is 0 Å². The van der Waals surface area contributed by atoms with Crippen molar-refractivity contribution in [2.45, 2.75) is 56.5 Å². The van der Waals surface area contributed by atoms with Crippen LogP contribution in [0.4, 0.5) is 5.69 Å². The Morgan fingerprint density at radius 2 is 1.81 bits per heavy atom. The summed E-state index contributed by atoms with van der Waals surface area (Å²) in [6, 6.07) is 14.8. The second-order valence-electron chi connectivity index (χ2n) is 7.16. The van der Waals surface area contributed by atoms with Crippen molar-refractivity contribution in [2.24, 2.45) is 0 Å². The van der Waals surface area contributed by atoms with E-state index < -0.39 is 10.0 Å². The molecule has 0 bridgehead atoms. The number of anilines is 1. The average molecular weight is 407 g/mol. The summed E-state index contributed by atoms with van der Waals surface area (Å²) >= 11 is 5.90. The molecule has 1 N–H and O–H groups in total. The average Bonchev–Trinajstić information content (AvgIpc) is 2.64. The molecule has 3 rings (SSSR count). The molecule has 1 aliphatic rings. The number of nitrogens with one attached hydrogen (secondary N) is 1. The summed E-state index contributed by atoms with van der Waals surface area (Å²) in [5.74, 6) is 0. The van der Waals surface area contributed by atoms with Crippen LogP contribution in [-0.2, 0) is 10.0 Å². The van der Waals surface area contributed by atoms with E-state index in [0.717, 1.165) is 37.9 Å². The first kappa shape index (κ1) is 20.2. The van der Waals surface area contributed by atoms with Crippen molar-refractivity contribution >= 4 is 27.3 Å². The minimum Gasteiger partial charge on any atom is -0.367 e. The Hall–Kier alpha value is -1.56. The van der Waals surface area contributed by atoms with Crippen LogP contribution >= 0.6 is 11.6 Å². The molecule has 0 radical (unpaired) electrons. The van der Waals surface area contributed by atoms with Crippen molar-refractivity contribution in [2.75, 3.05) is 11.4 Å². The zero-order chi connectivity index (χ0) is 19.4. The number of rotatable bonds is 6. The van der Waals surface area contributed by atoms with E-state index in [9.17, 15) is 8.42 Å². The third kappa shape index (κ3) is 4.84. The third-order valence-electron chi connectivity index (χ3n) is 5.23. The first-order valence-electron chi connectivity index (χ1n) is 9.52. The lowest BCUT2D eigenvalue weighted by atomic mass is 9.89. The van der Waals surface area contributed by atoms with Crippen LogP contribution in [0.1, 0.15) is 38.2 Å². The monoisotopic (exact) mass is 406 g/mol. The van der Waals surface area contributed by atoms with Gasteiger partial charge in [0.25, 0.3) is 0 Å². The Balaban J connectivity index is 1.85. The molecule has 0 heterocycles. The van der Waals surface area contributed by atoms with Gasteiger partial charge >= 0.3 is 0 Å². The van der Waals surface area contributed by atoms with E-state index in [1.165, 1.54) is 5.56 Å². The maximum absolute atomic E-state index is 12.9. The van der Waals surface area contributed by atoms with Crippen molar-refractivity contribution in [3.63, 3.8) is 0 Å². The molecule has 1 aliphatic carbocycles. The largest absolute Gasteiger partial charge is 0.367 e. The Labute approximate surface area is 167 Å². The Bertz CT molecular complexity index is 868. The van der Waals surface area contributed by atoms with Crippen LogP contribution in [0.3, 0.4) is 0 Å². The van der Waals surface area contributed by atoms with E-state index >= 15 is 0 Å². The van der Waals surface area contributed by atoms with Crippen molar-refractivity contribution in [3.8, 4) is 0 Å². The van der Waals surface area contributed by atoms with Gasteiger partial charge in [-0.3, -0.25) is 0 Å². The zero-order valence-electron chi connectivity index (χ0n) is 15.9. The van der Waals surface area contributed by atoms with Crippen LogP contribution in [0.2, 0.25) is 5.02 Å². The Morgan fingerprint density at radius 3 is 2.48 bits per heavy atom. The van der Waals surface area contributed by atoms with E-state index in [0.29, 0.717) is 5.02 Å². The van der Waals surface area contributed by atoms with Crippen LogP contribution in [0, 0.1) is 6.92 Å². The van der Waals surface area contributed by atoms with Gasteiger partial charge in [-0.2, -0.15) is 0 Å². The lowest BCUT2D eigenvalue weighted by Crippen LogP contribution is -2.53. The third-order valence-corrected chi connectivity index (χ3v) is 6.99. The molecule has 2 unspecified atom stereocenters. The number of nitrogens with zero attached hydrogens (tertiary/aromatic N) is 1. The predicted molar refractivity (Wildman–Crippen MR) is 112 cm³/mol. The summed E-state index contributed by atoms with van der Waals surface area (Å²) in [6.07, 6.45) is 3.98. The molecule has 0 saturated heterocycles. The van der Waals surface area contributed by atoms with Crippen LogP contribution < -0.4 is 9.62 Å². The number of aryl methyl sites for hydroxylation is 1. The fraction of sp³-hybridized carbons (Fsp3) is 0.429. The molecule has 2 aromatic carbocycles. The number of benzene rings is 2. The maximum atomic E-state index is 12.9. The lowest BCUT2D eigenvalue weighted by molar-refractivity contribution is 0.345. The van der Waals surface area contributed by atoms with E-state index in [4.69, 9.17) is 11.6 Å². The van der Waals surface area contributed by atoms with E-state index in [-0.39, 0.29) is 17.0 Å². The highest BCUT2D eigenvalue weighted by Crippen LogP contribution is 2.29. The fourth-order valence-corrected chi connectivity index (χ4v) is 5.35. The lowest BCUT2D eigenvalue weighted by Gasteiger charge is -2.41. The molecule has 2 atom stereocenters. The van der Waals surface area contributed by atoms with Gasteiger partial charge in [-0.05, 0) is 68.7 Å². The number of hydrogen-bond acceptors (Lipinski definition) is 3. The number of hydrogen-bond donors (Lipinski definition) is 1. The van der Waals surface area contributed by atoms with Gasteiger partial charge < -0.3 is 4.90 Å². The van der Waals surface area contributed by atoms with Crippen molar-refractivity contribution < 1.29 is 8.42 Å². The van der Waals surface area contributed by atoms with Gasteiger partial charge in [0.2, 0.25) is 10.0 Å². The van der Waals surface area contributed by atoms with E-state index in [1.807, 2.05) is 0 Å². The molecule has 6 heteroatoms. The summed E-state index contributed by atoms with van der Waals surface area (Å²) in [5, 5.41) is 0.529. The van der Waals surface area contributed by atoms with Crippen molar-refractivity contribution in [1.82, 2.24) is 4.72 Å². The minimum atomic E-state index is -3.58. The van der Waals surface area contributed by atoms with Crippen LogP contribution in [-0.4, -0.2) is 27.0 Å². The molecule has 0 spiro atoms. The minimum absolute atomic E-state index is 0.111. The highest BCUT2D eigenvalue weighted by molar-refractivity contribution is 7.89. The molecule has 0 aliphatic heterocycles. The van der Waals surface area contributed by atoms with Gasteiger partial charge in [0.05, 0.1) is 4.90 Å². The zero-order valence-corrected chi connectivity index (χ0v) is 17.4. The molecule has 146 valence electrons. The number of sulfonamides is 1. The van der Waals surface area contributed by atoms with Gasteiger partial charge in [0, 0.05) is 29.3 Å². The van der Waals surface area contributed by atoms with Crippen molar-refractivity contribution in [1.29, 1.82) is 0 Å². The first-order chi connectivity index (χ1) is 12.9. The van der Waals surface area contributed by atoms with Gasteiger partial charge in [0.15, 0.2) is 0 Å². The van der Waals surface area contributed by atoms with Gasteiger partial charge in [-0.15, -0.1) is 0 Å². The highest BCUT2D eigenvalue weighted by atomic mass is 35.5. The summed E-state index contributed by atoms with van der Waals surface area (Å²) in [5.41, 5.74) is 2.36. The Morgan fingerprint density at radius 1 is 1.11 bits per heavy atom. The second kappa shape index (κ2) is 8.63. The summed E-state index contributed by atoms with van der Waals surface area (Å²) < 4.78 is 28.7. The molecule has 0 amide bonds. The van der Waals surface area contributed by atoms with E-state index in [1.54, 1.807) is 24.3 Å². The van der Waals surface area contributed by atoms with Gasteiger partial charge in [0.1, 0.15) is 0 Å². The van der Waals surface area contributed by atoms with Gasteiger partial charge in [-0.1, -0.05) is 36.6 Å². The molecule has 1 saturated carbocycles. The predicted octanol–water partition coefficient (Wildman–Crippen LogP) is 4.76. The molecular formula is C21H27ClN2O2S. The fourth-order valence-electron chi connectivity index (χ4n) is 3.92. The van der Waals surface area contributed by atoms with Crippen molar-refractivity contribution in [3.05, 3.63) is 59.1 Å². The Kier molecular flexibility index (Phi) is 6.45. The van der Waals surface area contributed by atoms with Crippen LogP contribution in [0.5, 0.6) is 0 Å². The topological polar surface area (TPSA) is 49.4 Å². The van der Waals surface area contributed by atoms with Gasteiger partial charge in [-0.25, -0.2) is 13.1 Å². The molecule has 2 aromatic rings. The normalized spacial score (nSPS) is 20.4. The first-order valence-corrected chi connectivity index (χ1v) is 11.4. The molecule has 1 fully saturated rings. The maximum Gasteiger partial charge on any atom is 0.240 e. The quantitative estimate of drug-likeness (QED) is 0.752. The number of halogens is 1. The molecular weight excluding hydrogens is 380 g/mol. The van der Waals surface area contributed by atoms with E-state index in [2.05, 4.69) is 47.7 Å². The molecule has 4 nitrogen and oxygen atoms in total. The number of likely N-dealkylation sites (N-methyl/N-ethyl adjacent to an activating group) is 1. The molecule has 0 aromatic heterocycles. The smallest absolute Gasteiger partial charge is 0.240 e. The standard InChI is InChI=1S/C21H27ClN2O2S/c1-3-24(18-8-6-7-16(2)15-18)21-10-5-4-9-20(21)23-27(25,26)19-13-11-17(22)12-14-19/h6-8,11-15,20-21,23H,3-5,9-10H2,1-2H3. The summed E-state index contributed by atoms with van der Waals surface area (Å²) in [4.78, 5) is 2.59. The SMILES string of the molecule is CCN(c1cccc(C)c1)C1CCCCC1NS(=O)(=O)c1ccc(Cl)cc1. The van der Waals surface area contributed by atoms with Crippen LogP contribution in [0.15, 0.2) is 53.4 Å². The summed E-state index contributed by atoms with van der Waals surface area (Å²) in [6.45, 7) is 5.05. The highest BCUT2D eigenvalue weighted by Gasteiger charge is 2.33. The summed E-state index contributed by atoms with van der Waals surface area (Å²) in [7, 11) is -3.58. The second-order valence-corrected chi connectivity index (χ2v) is 9.31.